The Hall–Kier alpha value is -3.21. The van der Waals surface area contributed by atoms with Crippen molar-refractivity contribution in [3.05, 3.63) is 78.1 Å². The lowest BCUT2D eigenvalue weighted by Crippen LogP contribution is -2.41. The van der Waals surface area contributed by atoms with Gasteiger partial charge in [-0.1, -0.05) is 30.3 Å². The summed E-state index contributed by atoms with van der Waals surface area (Å²) in [5.41, 5.74) is 1.26. The second-order valence-corrected chi connectivity index (χ2v) is 7.12. The number of benzene rings is 3. The van der Waals surface area contributed by atoms with E-state index in [0.717, 1.165) is 16.5 Å². The Labute approximate surface area is 163 Å². The summed E-state index contributed by atoms with van der Waals surface area (Å²) < 4.78 is 13.0. The van der Waals surface area contributed by atoms with Gasteiger partial charge in [-0.05, 0) is 60.0 Å². The predicted octanol–water partition coefficient (Wildman–Crippen LogP) is 4.47. The third-order valence-electron chi connectivity index (χ3n) is 5.26. The Kier molecular flexibility index (Phi) is 5.06. The molecule has 1 N–H and O–H groups in total. The van der Waals surface area contributed by atoms with Gasteiger partial charge < -0.3 is 10.2 Å². The second-order valence-electron chi connectivity index (χ2n) is 7.12. The van der Waals surface area contributed by atoms with E-state index < -0.39 is 0 Å². The van der Waals surface area contributed by atoms with Crippen molar-refractivity contribution in [1.82, 2.24) is 4.90 Å². The topological polar surface area (TPSA) is 49.4 Å². The molecule has 0 unspecified atom stereocenters. The van der Waals surface area contributed by atoms with Crippen LogP contribution in [0.4, 0.5) is 10.1 Å². The van der Waals surface area contributed by atoms with Crippen molar-refractivity contribution < 1.29 is 14.0 Å². The van der Waals surface area contributed by atoms with E-state index >= 15 is 0 Å². The highest BCUT2D eigenvalue weighted by molar-refractivity contribution is 5.96. The van der Waals surface area contributed by atoms with Crippen molar-refractivity contribution >= 4 is 28.3 Å². The van der Waals surface area contributed by atoms with Gasteiger partial charge in [0.1, 0.15) is 5.82 Å². The van der Waals surface area contributed by atoms with Gasteiger partial charge >= 0.3 is 0 Å². The van der Waals surface area contributed by atoms with Crippen LogP contribution in [0.2, 0.25) is 0 Å². The van der Waals surface area contributed by atoms with Crippen LogP contribution in [0.15, 0.2) is 66.7 Å². The van der Waals surface area contributed by atoms with Gasteiger partial charge in [-0.3, -0.25) is 9.59 Å². The number of piperidine rings is 1. The van der Waals surface area contributed by atoms with Crippen LogP contribution in [0.25, 0.3) is 10.8 Å². The molecule has 142 valence electrons. The van der Waals surface area contributed by atoms with E-state index in [9.17, 15) is 14.0 Å². The molecule has 0 bridgehead atoms. The fraction of sp³-hybridized carbons (Fsp3) is 0.217. The normalized spacial score (nSPS) is 14.8. The maximum atomic E-state index is 13.0. The maximum Gasteiger partial charge on any atom is 0.253 e. The van der Waals surface area contributed by atoms with Crippen LogP contribution in [-0.2, 0) is 4.79 Å². The zero-order valence-electron chi connectivity index (χ0n) is 15.4. The van der Waals surface area contributed by atoms with Crippen LogP contribution in [-0.4, -0.2) is 29.8 Å². The smallest absolute Gasteiger partial charge is 0.253 e. The fourth-order valence-electron chi connectivity index (χ4n) is 3.63. The average Bonchev–Trinajstić information content (AvgIpc) is 2.74. The molecule has 3 aromatic carbocycles. The van der Waals surface area contributed by atoms with E-state index in [1.54, 1.807) is 4.90 Å². The number of fused-ring (bicyclic) bond motifs is 1. The molecule has 1 aliphatic heterocycles. The van der Waals surface area contributed by atoms with Crippen LogP contribution in [0, 0.1) is 11.7 Å². The predicted molar refractivity (Wildman–Crippen MR) is 108 cm³/mol. The van der Waals surface area contributed by atoms with Gasteiger partial charge in [0.2, 0.25) is 5.91 Å². The SMILES string of the molecule is O=C(Nc1ccc2ccccc2c1)C1CCN(C(=O)c2ccc(F)cc2)CC1. The molecule has 2 amide bonds. The van der Waals surface area contributed by atoms with Gasteiger partial charge in [0.05, 0.1) is 0 Å². The number of rotatable bonds is 3. The molecule has 0 spiro atoms. The molecule has 4 rings (SSSR count). The number of hydrogen-bond acceptors (Lipinski definition) is 2. The molecule has 4 nitrogen and oxygen atoms in total. The lowest BCUT2D eigenvalue weighted by atomic mass is 9.95. The van der Waals surface area contributed by atoms with E-state index in [2.05, 4.69) is 5.32 Å². The minimum atomic E-state index is -0.361. The number of carbonyl (C=O) groups excluding carboxylic acids is 2. The third kappa shape index (κ3) is 3.88. The molecule has 28 heavy (non-hydrogen) atoms. The highest BCUT2D eigenvalue weighted by atomic mass is 19.1. The average molecular weight is 376 g/mol. The van der Waals surface area contributed by atoms with E-state index in [0.29, 0.717) is 31.5 Å². The van der Waals surface area contributed by atoms with Gasteiger partial charge in [-0.15, -0.1) is 0 Å². The van der Waals surface area contributed by atoms with Gasteiger partial charge in [0, 0.05) is 30.3 Å². The van der Waals surface area contributed by atoms with Crippen molar-refractivity contribution in [3.8, 4) is 0 Å². The molecule has 0 saturated carbocycles. The number of likely N-dealkylation sites (tertiary alicyclic amines) is 1. The minimum absolute atomic E-state index is 0.0100. The molecule has 0 aromatic heterocycles. The largest absolute Gasteiger partial charge is 0.339 e. The highest BCUT2D eigenvalue weighted by Crippen LogP contribution is 2.23. The number of nitrogens with zero attached hydrogens (tertiary/aromatic N) is 1. The lowest BCUT2D eigenvalue weighted by Gasteiger charge is -2.31. The zero-order valence-corrected chi connectivity index (χ0v) is 15.4. The van der Waals surface area contributed by atoms with Crippen molar-refractivity contribution in [2.24, 2.45) is 5.92 Å². The van der Waals surface area contributed by atoms with Crippen molar-refractivity contribution in [2.45, 2.75) is 12.8 Å². The summed E-state index contributed by atoms with van der Waals surface area (Å²) in [6.07, 6.45) is 1.23. The first-order valence-electron chi connectivity index (χ1n) is 9.45. The highest BCUT2D eigenvalue weighted by Gasteiger charge is 2.27. The monoisotopic (exact) mass is 376 g/mol. The van der Waals surface area contributed by atoms with Gasteiger partial charge in [-0.2, -0.15) is 0 Å². The summed E-state index contributed by atoms with van der Waals surface area (Å²) in [7, 11) is 0. The molecule has 1 saturated heterocycles. The molecular formula is C23H21FN2O2. The molecular weight excluding hydrogens is 355 g/mol. The Morgan fingerprint density at radius 3 is 2.29 bits per heavy atom. The summed E-state index contributed by atoms with van der Waals surface area (Å²) >= 11 is 0. The lowest BCUT2D eigenvalue weighted by molar-refractivity contribution is -0.121. The number of carbonyl (C=O) groups is 2. The van der Waals surface area contributed by atoms with Crippen molar-refractivity contribution in [3.63, 3.8) is 0 Å². The summed E-state index contributed by atoms with van der Waals surface area (Å²) in [5.74, 6) is -0.609. The Bertz CT molecular complexity index is 1010. The number of nitrogens with one attached hydrogen (secondary N) is 1. The zero-order chi connectivity index (χ0) is 19.5. The van der Waals surface area contributed by atoms with Gasteiger partial charge in [0.15, 0.2) is 0 Å². The summed E-state index contributed by atoms with van der Waals surface area (Å²) in [6.45, 7) is 1.04. The molecule has 0 atom stereocenters. The molecule has 5 heteroatoms. The number of halogens is 1. The fourth-order valence-corrected chi connectivity index (χ4v) is 3.63. The first-order chi connectivity index (χ1) is 13.6. The van der Waals surface area contributed by atoms with Gasteiger partial charge in [0.25, 0.3) is 5.91 Å². The molecule has 1 heterocycles. The number of hydrogen-bond donors (Lipinski definition) is 1. The quantitative estimate of drug-likeness (QED) is 0.733. The van der Waals surface area contributed by atoms with E-state index in [1.165, 1.54) is 24.3 Å². The summed E-state index contributed by atoms with van der Waals surface area (Å²) in [5, 5.41) is 5.22. The molecule has 0 aliphatic carbocycles. The minimum Gasteiger partial charge on any atom is -0.339 e. The van der Waals surface area contributed by atoms with Crippen molar-refractivity contribution in [1.29, 1.82) is 0 Å². The summed E-state index contributed by atoms with van der Waals surface area (Å²) in [4.78, 5) is 26.9. The van der Waals surface area contributed by atoms with Crippen LogP contribution in [0.1, 0.15) is 23.2 Å². The van der Waals surface area contributed by atoms with E-state index in [-0.39, 0.29) is 23.5 Å². The van der Waals surface area contributed by atoms with Crippen LogP contribution in [0.5, 0.6) is 0 Å². The first-order valence-corrected chi connectivity index (χ1v) is 9.45. The van der Waals surface area contributed by atoms with E-state index in [1.807, 2.05) is 42.5 Å². The molecule has 0 radical (unpaired) electrons. The number of anilines is 1. The Morgan fingerprint density at radius 2 is 1.57 bits per heavy atom. The van der Waals surface area contributed by atoms with Crippen molar-refractivity contribution in [2.75, 3.05) is 18.4 Å². The third-order valence-corrected chi connectivity index (χ3v) is 5.26. The Balaban J connectivity index is 1.35. The summed E-state index contributed by atoms with van der Waals surface area (Å²) in [6, 6.07) is 19.5. The first kappa shape index (κ1) is 18.2. The van der Waals surface area contributed by atoms with Crippen LogP contribution >= 0.6 is 0 Å². The molecule has 1 fully saturated rings. The molecule has 3 aromatic rings. The van der Waals surface area contributed by atoms with E-state index in [4.69, 9.17) is 0 Å². The second kappa shape index (κ2) is 7.80. The number of amides is 2. The maximum absolute atomic E-state index is 13.0. The van der Waals surface area contributed by atoms with Crippen LogP contribution < -0.4 is 5.32 Å². The molecule has 1 aliphatic rings. The Morgan fingerprint density at radius 1 is 0.893 bits per heavy atom. The standard InChI is InChI=1S/C23H21FN2O2/c24-20-8-5-18(6-9-20)23(28)26-13-11-17(12-14-26)22(27)25-21-10-7-16-3-1-2-4-19(16)15-21/h1-10,15,17H,11-14H2,(H,25,27). The van der Waals surface area contributed by atoms with Gasteiger partial charge in [-0.25, -0.2) is 4.39 Å². The van der Waals surface area contributed by atoms with Crippen LogP contribution in [0.3, 0.4) is 0 Å².